The minimum atomic E-state index is -0.790. The number of aliphatic carboxylic acids is 1. The van der Waals surface area contributed by atoms with Gasteiger partial charge in [0.25, 0.3) is 0 Å². The number of likely N-dealkylation sites (tertiary alicyclic amines) is 1. The normalized spacial score (nSPS) is 19.3. The number of hydrogen-bond acceptors (Lipinski definition) is 4. The largest absolute Gasteiger partial charge is 0.480 e. The van der Waals surface area contributed by atoms with Crippen molar-refractivity contribution in [1.29, 1.82) is 0 Å². The van der Waals surface area contributed by atoms with E-state index in [0.29, 0.717) is 19.1 Å². The Morgan fingerprint density at radius 2 is 1.85 bits per heavy atom. The molecule has 2 N–H and O–H groups in total. The van der Waals surface area contributed by atoms with E-state index in [1.54, 1.807) is 0 Å². The van der Waals surface area contributed by atoms with Gasteiger partial charge in [-0.15, -0.1) is 12.4 Å². The first kappa shape index (κ1) is 21.7. The molecule has 2 fully saturated rings. The molecule has 2 aliphatic rings. The van der Waals surface area contributed by atoms with Crippen molar-refractivity contribution in [3.8, 4) is 0 Å². The maximum Gasteiger partial charge on any atom is 0.317 e. The Bertz CT molecular complexity index is 629. The molecule has 1 aromatic rings. The number of amides is 1. The molecule has 27 heavy (non-hydrogen) atoms. The van der Waals surface area contributed by atoms with E-state index >= 15 is 0 Å². The third-order valence-corrected chi connectivity index (χ3v) is 5.80. The van der Waals surface area contributed by atoms with Gasteiger partial charge in [0.05, 0.1) is 13.1 Å². The molecule has 0 atom stereocenters. The van der Waals surface area contributed by atoms with E-state index in [1.165, 1.54) is 5.56 Å². The highest BCUT2D eigenvalue weighted by molar-refractivity contribution is 5.85. The lowest BCUT2D eigenvalue weighted by molar-refractivity contribution is -0.138. The van der Waals surface area contributed by atoms with Crippen LogP contribution in [0, 0.1) is 0 Å². The predicted molar refractivity (Wildman–Crippen MR) is 107 cm³/mol. The Morgan fingerprint density at radius 1 is 1.22 bits per heavy atom. The van der Waals surface area contributed by atoms with Crippen LogP contribution in [0.1, 0.15) is 31.2 Å². The Balaban J connectivity index is 0.00000261. The summed E-state index contributed by atoms with van der Waals surface area (Å²) in [5.74, 6) is -0.703. The second kappa shape index (κ2) is 9.53. The summed E-state index contributed by atoms with van der Waals surface area (Å²) in [7, 11) is 1.86. The molecular weight excluding hydrogens is 366 g/mol. The molecule has 0 radical (unpaired) electrons. The molecule has 0 aromatic heterocycles. The van der Waals surface area contributed by atoms with Crippen LogP contribution < -0.4 is 5.32 Å². The van der Waals surface area contributed by atoms with Gasteiger partial charge in [-0.3, -0.25) is 19.4 Å². The number of nitrogens with zero attached hydrogens (tertiary/aromatic N) is 2. The fourth-order valence-electron chi connectivity index (χ4n) is 3.90. The van der Waals surface area contributed by atoms with Gasteiger partial charge in [0.2, 0.25) is 5.91 Å². The van der Waals surface area contributed by atoms with Crippen molar-refractivity contribution in [3.63, 3.8) is 0 Å². The summed E-state index contributed by atoms with van der Waals surface area (Å²) in [5, 5.41) is 12.0. The van der Waals surface area contributed by atoms with Crippen LogP contribution in [0.25, 0.3) is 0 Å². The van der Waals surface area contributed by atoms with Gasteiger partial charge in [0.15, 0.2) is 0 Å². The second-order valence-electron chi connectivity index (χ2n) is 7.74. The lowest BCUT2D eigenvalue weighted by atomic mass is 9.96. The van der Waals surface area contributed by atoms with Crippen LogP contribution in [0.3, 0.4) is 0 Å². The number of carboxylic acids is 1. The summed E-state index contributed by atoms with van der Waals surface area (Å²) in [6.45, 7) is 2.90. The second-order valence-corrected chi connectivity index (χ2v) is 7.74. The van der Waals surface area contributed by atoms with Gasteiger partial charge in [-0.25, -0.2) is 0 Å². The van der Waals surface area contributed by atoms with E-state index in [4.69, 9.17) is 5.11 Å². The highest BCUT2D eigenvalue weighted by atomic mass is 35.5. The minimum Gasteiger partial charge on any atom is -0.480 e. The van der Waals surface area contributed by atoms with Crippen LogP contribution in [-0.4, -0.2) is 72.6 Å². The first-order chi connectivity index (χ1) is 12.5. The van der Waals surface area contributed by atoms with Gasteiger partial charge in [-0.1, -0.05) is 30.3 Å². The molecule has 1 heterocycles. The fraction of sp³-hybridized carbons (Fsp3) is 0.600. The maximum atomic E-state index is 12.3. The summed E-state index contributed by atoms with van der Waals surface area (Å²) in [6.07, 6.45) is 4.09. The lowest BCUT2D eigenvalue weighted by Gasteiger charge is -2.35. The Kier molecular flexibility index (Phi) is 7.65. The van der Waals surface area contributed by atoms with Crippen LogP contribution in [0.4, 0.5) is 0 Å². The molecule has 6 nitrogen and oxygen atoms in total. The van der Waals surface area contributed by atoms with E-state index in [9.17, 15) is 9.59 Å². The first-order valence-electron chi connectivity index (χ1n) is 9.45. The molecular formula is C20H30ClN3O3. The highest BCUT2D eigenvalue weighted by Crippen LogP contribution is 2.47. The van der Waals surface area contributed by atoms with Crippen molar-refractivity contribution in [3.05, 3.63) is 35.9 Å². The molecule has 0 unspecified atom stereocenters. The molecule has 1 aliphatic carbocycles. The topological polar surface area (TPSA) is 72.9 Å². The van der Waals surface area contributed by atoms with Crippen LogP contribution in [0.2, 0.25) is 0 Å². The van der Waals surface area contributed by atoms with Crippen molar-refractivity contribution in [2.75, 3.05) is 39.8 Å². The molecule has 1 saturated carbocycles. The SMILES string of the molecule is CN(CC(=O)O)C1CCN(CC(=O)NCC2(c3ccccc3)CC2)CC1.Cl. The van der Waals surface area contributed by atoms with Crippen LogP contribution in [0.15, 0.2) is 30.3 Å². The number of piperidine rings is 1. The Labute approximate surface area is 167 Å². The van der Waals surface area contributed by atoms with Gasteiger partial charge in [-0.05, 0) is 38.3 Å². The van der Waals surface area contributed by atoms with Crippen molar-refractivity contribution in [2.45, 2.75) is 37.1 Å². The summed E-state index contributed by atoms with van der Waals surface area (Å²) >= 11 is 0. The predicted octanol–water partition coefficient (Wildman–Crippen LogP) is 1.74. The van der Waals surface area contributed by atoms with E-state index in [-0.39, 0.29) is 30.3 Å². The molecule has 1 amide bonds. The monoisotopic (exact) mass is 395 g/mol. The number of halogens is 1. The number of rotatable bonds is 8. The molecule has 150 valence electrons. The third kappa shape index (κ3) is 5.92. The highest BCUT2D eigenvalue weighted by Gasteiger charge is 2.44. The number of carboxylic acid groups (broad SMARTS) is 1. The zero-order valence-electron chi connectivity index (χ0n) is 15.9. The van der Waals surface area contributed by atoms with E-state index in [0.717, 1.165) is 38.8 Å². The molecule has 0 spiro atoms. The molecule has 3 rings (SSSR count). The zero-order valence-corrected chi connectivity index (χ0v) is 16.7. The number of likely N-dealkylation sites (N-methyl/N-ethyl adjacent to an activating group) is 1. The van der Waals surface area contributed by atoms with Crippen LogP contribution in [-0.2, 0) is 15.0 Å². The summed E-state index contributed by atoms with van der Waals surface area (Å²) in [6, 6.07) is 10.7. The zero-order chi connectivity index (χ0) is 18.6. The number of hydrogen-bond donors (Lipinski definition) is 2. The summed E-state index contributed by atoms with van der Waals surface area (Å²) < 4.78 is 0. The number of nitrogens with one attached hydrogen (secondary N) is 1. The average Bonchev–Trinajstić information content (AvgIpc) is 3.42. The third-order valence-electron chi connectivity index (χ3n) is 5.80. The van der Waals surface area contributed by atoms with E-state index < -0.39 is 5.97 Å². The summed E-state index contributed by atoms with van der Waals surface area (Å²) in [5.41, 5.74) is 1.46. The van der Waals surface area contributed by atoms with Crippen molar-refractivity contribution in [1.82, 2.24) is 15.1 Å². The van der Waals surface area contributed by atoms with Gasteiger partial charge >= 0.3 is 5.97 Å². The van der Waals surface area contributed by atoms with E-state index in [2.05, 4.69) is 34.5 Å². The molecule has 7 heteroatoms. The first-order valence-corrected chi connectivity index (χ1v) is 9.45. The quantitative estimate of drug-likeness (QED) is 0.701. The summed E-state index contributed by atoms with van der Waals surface area (Å²) in [4.78, 5) is 27.2. The number of benzene rings is 1. The van der Waals surface area contributed by atoms with Gasteiger partial charge < -0.3 is 10.4 Å². The van der Waals surface area contributed by atoms with Crippen LogP contribution >= 0.6 is 12.4 Å². The van der Waals surface area contributed by atoms with E-state index in [1.807, 2.05) is 18.0 Å². The van der Waals surface area contributed by atoms with Gasteiger partial charge in [-0.2, -0.15) is 0 Å². The molecule has 1 aromatic carbocycles. The molecule has 1 saturated heterocycles. The lowest BCUT2D eigenvalue weighted by Crippen LogP contribution is -2.48. The Hall–Kier alpha value is -1.63. The van der Waals surface area contributed by atoms with Crippen LogP contribution in [0.5, 0.6) is 0 Å². The fourth-order valence-corrected chi connectivity index (χ4v) is 3.90. The van der Waals surface area contributed by atoms with Gasteiger partial charge in [0.1, 0.15) is 0 Å². The van der Waals surface area contributed by atoms with Crippen molar-refractivity contribution >= 4 is 24.3 Å². The molecule has 0 bridgehead atoms. The number of carbonyl (C=O) groups is 2. The molecule has 1 aliphatic heterocycles. The standard InChI is InChI=1S/C20H29N3O3.ClH/c1-22(14-19(25)26)17-7-11-23(12-8-17)13-18(24)21-15-20(9-10-20)16-5-3-2-4-6-16;/h2-6,17H,7-15H2,1H3,(H,21,24)(H,25,26);1H. The minimum absolute atomic E-state index is 0. The number of carbonyl (C=O) groups excluding carboxylic acids is 1. The average molecular weight is 396 g/mol. The van der Waals surface area contributed by atoms with Crippen molar-refractivity contribution < 1.29 is 14.7 Å². The Morgan fingerprint density at radius 3 is 2.41 bits per heavy atom. The maximum absolute atomic E-state index is 12.3. The van der Waals surface area contributed by atoms with Crippen molar-refractivity contribution in [2.24, 2.45) is 0 Å². The van der Waals surface area contributed by atoms with Gasteiger partial charge in [0, 0.05) is 31.1 Å². The smallest absolute Gasteiger partial charge is 0.317 e.